The van der Waals surface area contributed by atoms with Crippen LogP contribution >= 0.6 is 11.6 Å². The lowest BCUT2D eigenvalue weighted by Crippen LogP contribution is -2.42. The highest BCUT2D eigenvalue weighted by atomic mass is 35.5. The molecule has 1 aromatic heterocycles. The number of amides is 1. The number of nitrogens with two attached hydrogens (primary N) is 1. The van der Waals surface area contributed by atoms with Gasteiger partial charge in [-0.05, 0) is 125 Å². The minimum atomic E-state index is -0.485. The molecule has 1 saturated heterocycles. The van der Waals surface area contributed by atoms with Crippen molar-refractivity contribution in [3.05, 3.63) is 81.6 Å². The van der Waals surface area contributed by atoms with E-state index in [9.17, 15) is 4.79 Å². The molecule has 0 radical (unpaired) electrons. The first kappa shape index (κ1) is 29.0. The van der Waals surface area contributed by atoms with Gasteiger partial charge in [0.2, 0.25) is 0 Å². The SMILES string of the molecule is Cc1ncn(CCCC2=Cc3cc(Cl)ccc3C(C3CCN(C(=O)OC(C)(C)C)CC3)C/C2=C\C=C/N)c1C. The molecular formula is C32H43ClN4O2. The van der Waals surface area contributed by atoms with Gasteiger partial charge in [0.05, 0.1) is 12.0 Å². The van der Waals surface area contributed by atoms with E-state index in [0.29, 0.717) is 24.9 Å². The maximum absolute atomic E-state index is 12.7. The maximum Gasteiger partial charge on any atom is 0.410 e. The topological polar surface area (TPSA) is 73.4 Å². The van der Waals surface area contributed by atoms with Gasteiger partial charge in [-0.15, -0.1) is 0 Å². The molecule has 7 heteroatoms. The van der Waals surface area contributed by atoms with Gasteiger partial charge in [0.25, 0.3) is 0 Å². The van der Waals surface area contributed by atoms with Crippen LogP contribution in [0.4, 0.5) is 4.79 Å². The number of ether oxygens (including phenoxy) is 1. The first-order valence-corrected chi connectivity index (χ1v) is 14.5. The summed E-state index contributed by atoms with van der Waals surface area (Å²) in [5, 5.41) is 0.752. The second kappa shape index (κ2) is 12.5. The van der Waals surface area contributed by atoms with Crippen LogP contribution in [-0.4, -0.2) is 39.2 Å². The molecule has 1 atom stereocenters. The smallest absolute Gasteiger partial charge is 0.410 e. The van der Waals surface area contributed by atoms with Crippen molar-refractivity contribution in [2.45, 2.75) is 84.8 Å². The number of imidazole rings is 1. The summed E-state index contributed by atoms with van der Waals surface area (Å²) in [6.07, 6.45) is 14.6. The number of halogens is 1. The lowest BCUT2D eigenvalue weighted by atomic mass is 9.76. The van der Waals surface area contributed by atoms with Crippen molar-refractivity contribution in [3.63, 3.8) is 0 Å². The van der Waals surface area contributed by atoms with Crippen LogP contribution in [-0.2, 0) is 11.3 Å². The first-order valence-electron chi connectivity index (χ1n) is 14.1. The van der Waals surface area contributed by atoms with Gasteiger partial charge in [-0.25, -0.2) is 9.78 Å². The second-order valence-corrected chi connectivity index (χ2v) is 12.3. The van der Waals surface area contributed by atoms with Crippen molar-refractivity contribution >= 4 is 23.8 Å². The molecule has 0 saturated carbocycles. The first-order chi connectivity index (χ1) is 18.6. The summed E-state index contributed by atoms with van der Waals surface area (Å²) < 4.78 is 7.87. The molecule has 2 aromatic rings. The Morgan fingerprint density at radius 2 is 1.97 bits per heavy atom. The molecule has 1 unspecified atom stereocenters. The zero-order valence-electron chi connectivity index (χ0n) is 24.0. The molecule has 1 amide bonds. The number of piperidine rings is 1. The fourth-order valence-corrected chi connectivity index (χ4v) is 5.97. The van der Waals surface area contributed by atoms with Crippen LogP contribution in [0.15, 0.2) is 54.0 Å². The van der Waals surface area contributed by atoms with Crippen molar-refractivity contribution in [2.24, 2.45) is 11.7 Å². The molecule has 39 heavy (non-hydrogen) atoms. The van der Waals surface area contributed by atoms with Crippen LogP contribution in [0.25, 0.3) is 6.08 Å². The Kier molecular flexibility index (Phi) is 9.27. The van der Waals surface area contributed by atoms with E-state index in [4.69, 9.17) is 22.1 Å². The zero-order chi connectivity index (χ0) is 28.2. The Bertz CT molecular complexity index is 1260. The van der Waals surface area contributed by atoms with Gasteiger partial charge in [-0.2, -0.15) is 0 Å². The van der Waals surface area contributed by atoms with E-state index in [1.54, 1.807) is 6.20 Å². The Morgan fingerprint density at radius 1 is 1.23 bits per heavy atom. The molecule has 1 fully saturated rings. The van der Waals surface area contributed by atoms with Gasteiger partial charge in [-0.3, -0.25) is 0 Å². The molecule has 0 spiro atoms. The Labute approximate surface area is 238 Å². The molecule has 2 heterocycles. The van der Waals surface area contributed by atoms with Crippen LogP contribution in [0, 0.1) is 19.8 Å². The number of benzene rings is 1. The Balaban J connectivity index is 1.55. The Hall–Kier alpha value is -2.99. The lowest BCUT2D eigenvalue weighted by Gasteiger charge is -2.37. The molecule has 1 aliphatic carbocycles. The maximum atomic E-state index is 12.7. The number of fused-ring (bicyclic) bond motifs is 1. The number of rotatable bonds is 6. The van der Waals surface area contributed by atoms with Gasteiger partial charge in [0, 0.05) is 30.4 Å². The van der Waals surface area contributed by atoms with Crippen molar-refractivity contribution in [3.8, 4) is 0 Å². The van der Waals surface area contributed by atoms with Crippen LogP contribution in [0.2, 0.25) is 5.02 Å². The van der Waals surface area contributed by atoms with Gasteiger partial charge >= 0.3 is 6.09 Å². The summed E-state index contributed by atoms with van der Waals surface area (Å²) >= 11 is 6.50. The number of aromatic nitrogens is 2. The number of nitrogens with zero attached hydrogens (tertiary/aromatic N) is 3. The summed E-state index contributed by atoms with van der Waals surface area (Å²) in [7, 11) is 0. The standard InChI is InChI=1S/C32H43ClN4O2/c1-22-23(2)37(21-35-22)15-7-9-25-18-27-19-28(33)10-11-29(27)30(20-26(25)8-6-14-34)24-12-16-36(17-13-24)31(38)39-32(3,4)5/h6,8,10-11,14,18-19,21,24,30H,7,9,12-13,15-17,20,34H2,1-5H3/b14-6-,26-8+. The molecular weight excluding hydrogens is 508 g/mol. The summed E-state index contributed by atoms with van der Waals surface area (Å²) in [6, 6.07) is 6.32. The molecule has 4 rings (SSSR count). The largest absolute Gasteiger partial charge is 0.444 e. The van der Waals surface area contributed by atoms with E-state index in [-0.39, 0.29) is 6.09 Å². The zero-order valence-corrected chi connectivity index (χ0v) is 24.8. The second-order valence-electron chi connectivity index (χ2n) is 11.8. The number of aryl methyl sites for hydroxylation is 2. The van der Waals surface area contributed by atoms with Crippen molar-refractivity contribution < 1.29 is 9.53 Å². The predicted molar refractivity (Wildman–Crippen MR) is 160 cm³/mol. The van der Waals surface area contributed by atoms with Gasteiger partial charge < -0.3 is 19.9 Å². The van der Waals surface area contributed by atoms with Crippen LogP contribution in [0.3, 0.4) is 0 Å². The quantitative estimate of drug-likeness (QED) is 0.403. The van der Waals surface area contributed by atoms with E-state index in [2.05, 4.69) is 47.7 Å². The van der Waals surface area contributed by atoms with Crippen LogP contribution in [0.1, 0.15) is 81.3 Å². The third-order valence-corrected chi connectivity index (χ3v) is 8.22. The summed E-state index contributed by atoms with van der Waals surface area (Å²) in [4.78, 5) is 19.0. The lowest BCUT2D eigenvalue weighted by molar-refractivity contribution is 0.0173. The highest BCUT2D eigenvalue weighted by molar-refractivity contribution is 6.30. The fourth-order valence-electron chi connectivity index (χ4n) is 5.79. The molecule has 2 aliphatic rings. The van der Waals surface area contributed by atoms with Crippen molar-refractivity contribution in [2.75, 3.05) is 13.1 Å². The van der Waals surface area contributed by atoms with Gasteiger partial charge in [0.15, 0.2) is 0 Å². The van der Waals surface area contributed by atoms with E-state index >= 15 is 0 Å². The highest BCUT2D eigenvalue weighted by Crippen LogP contribution is 2.44. The summed E-state index contributed by atoms with van der Waals surface area (Å²) in [5.74, 6) is 0.793. The number of hydrogen-bond acceptors (Lipinski definition) is 4. The number of carbonyl (C=O) groups excluding carboxylic acids is 1. The molecule has 1 aliphatic heterocycles. The molecule has 0 bridgehead atoms. The predicted octanol–water partition coefficient (Wildman–Crippen LogP) is 7.55. The number of hydrogen-bond donors (Lipinski definition) is 1. The average Bonchev–Trinajstić information content (AvgIpc) is 3.11. The molecule has 210 valence electrons. The monoisotopic (exact) mass is 550 g/mol. The van der Waals surface area contributed by atoms with E-state index in [1.165, 1.54) is 28.0 Å². The Morgan fingerprint density at radius 3 is 2.62 bits per heavy atom. The third kappa shape index (κ3) is 7.36. The van der Waals surface area contributed by atoms with E-state index in [1.807, 2.05) is 44.1 Å². The van der Waals surface area contributed by atoms with Gasteiger partial charge in [-0.1, -0.05) is 29.8 Å². The van der Waals surface area contributed by atoms with E-state index < -0.39 is 5.60 Å². The molecule has 1 aromatic carbocycles. The molecule has 6 nitrogen and oxygen atoms in total. The van der Waals surface area contributed by atoms with Gasteiger partial charge in [0.1, 0.15) is 5.60 Å². The minimum Gasteiger partial charge on any atom is -0.444 e. The molecule has 2 N–H and O–H groups in total. The minimum absolute atomic E-state index is 0.213. The number of carbonyl (C=O) groups is 1. The summed E-state index contributed by atoms with van der Waals surface area (Å²) in [5.41, 5.74) is 12.8. The highest BCUT2D eigenvalue weighted by Gasteiger charge is 2.34. The third-order valence-electron chi connectivity index (χ3n) is 7.99. The average molecular weight is 551 g/mol. The summed E-state index contributed by atoms with van der Waals surface area (Å²) in [6.45, 7) is 12.3. The van der Waals surface area contributed by atoms with Crippen molar-refractivity contribution in [1.82, 2.24) is 14.5 Å². The number of likely N-dealkylation sites (tertiary alicyclic amines) is 1. The normalized spacial score (nSPS) is 19.7. The van der Waals surface area contributed by atoms with E-state index in [0.717, 1.165) is 49.4 Å². The van der Waals surface area contributed by atoms with Crippen LogP contribution in [0.5, 0.6) is 0 Å². The van der Waals surface area contributed by atoms with Crippen molar-refractivity contribution in [1.29, 1.82) is 0 Å². The fraction of sp³-hybridized carbons (Fsp3) is 0.500. The number of allylic oxidation sites excluding steroid dienone is 4. The van der Waals surface area contributed by atoms with Crippen LogP contribution < -0.4 is 5.73 Å².